The van der Waals surface area contributed by atoms with E-state index < -0.39 is 12.2 Å². The van der Waals surface area contributed by atoms with Crippen molar-refractivity contribution >= 4 is 72.7 Å². The summed E-state index contributed by atoms with van der Waals surface area (Å²) in [5.41, 5.74) is 7.89. The van der Waals surface area contributed by atoms with Crippen LogP contribution in [0.15, 0.2) is 91.0 Å². The number of ether oxygens (including phenoxy) is 1. The van der Waals surface area contributed by atoms with Crippen LogP contribution in [0.5, 0.6) is 5.75 Å². The summed E-state index contributed by atoms with van der Waals surface area (Å²) in [6.45, 7) is 7.15. The fourth-order valence-electron chi connectivity index (χ4n) is 10.4. The number of nitrogens with zero attached hydrogens (tertiary/aromatic N) is 6. The number of aryl methyl sites for hydroxylation is 1. The second-order valence-electron chi connectivity index (χ2n) is 18.8. The van der Waals surface area contributed by atoms with Gasteiger partial charge in [0.15, 0.2) is 11.4 Å². The number of aliphatic hydroxyl groups excluding tert-OH is 1. The number of aliphatic hydroxyl groups is 2. The highest BCUT2D eigenvalue weighted by atomic mass is 32.1. The summed E-state index contributed by atoms with van der Waals surface area (Å²) in [6, 6.07) is 28.4. The van der Waals surface area contributed by atoms with Gasteiger partial charge in [-0.1, -0.05) is 47.7 Å². The molecule has 0 aliphatic carbocycles. The van der Waals surface area contributed by atoms with Crippen LogP contribution < -0.4 is 25.6 Å². The van der Waals surface area contributed by atoms with Crippen LogP contribution >= 0.6 is 11.3 Å². The van der Waals surface area contributed by atoms with Crippen molar-refractivity contribution in [1.29, 1.82) is 0 Å². The van der Waals surface area contributed by atoms with Crippen molar-refractivity contribution in [2.75, 3.05) is 41.8 Å². The standard InChI is InChI=1S/C54H57N9O7S/c1-31-36(37-18-20-46(57-49(37)53(68)69)63-27-24-34-10-6-12-38(41(34)30-63)51(66)59-54-56-42-13-4-5-15-45(42)71-54)11-7-14-44(31)70-28-8-9-33-22-25-62(26-23-33)32(2)50(65)55-35-16-17-39-43(29-35)61(3)60-48(39)40-19-21-47(64)58-52(40)67/h4-7,10-18,20,29,32-33,40,53,68-69H,8-9,19,21-28,30H2,1-3H3,(H,55,65)(H,56,59,66)(H,58,64,67). The first-order valence-corrected chi connectivity index (χ1v) is 25.2. The van der Waals surface area contributed by atoms with Crippen LogP contribution in [0, 0.1) is 12.8 Å². The average Bonchev–Trinajstić information content (AvgIpc) is 3.94. The van der Waals surface area contributed by atoms with Crippen LogP contribution in [0.4, 0.5) is 16.6 Å². The van der Waals surface area contributed by atoms with E-state index in [1.54, 1.807) is 4.68 Å². The molecular weight excluding hydrogens is 919 g/mol. The van der Waals surface area contributed by atoms with E-state index in [0.717, 1.165) is 87.9 Å². The Labute approximate surface area is 415 Å². The number of fused-ring (bicyclic) bond motifs is 3. The maximum atomic E-state index is 13.6. The minimum Gasteiger partial charge on any atom is -0.493 e. The van der Waals surface area contributed by atoms with Gasteiger partial charge in [0, 0.05) is 48.8 Å². The first-order valence-electron chi connectivity index (χ1n) is 24.4. The molecule has 4 amide bonds. The summed E-state index contributed by atoms with van der Waals surface area (Å²) in [4.78, 5) is 65.1. The highest BCUT2D eigenvalue weighted by Crippen LogP contribution is 2.37. The molecule has 3 aliphatic heterocycles. The van der Waals surface area contributed by atoms with Gasteiger partial charge in [-0.05, 0) is 148 Å². The number of anilines is 3. The molecule has 3 aromatic heterocycles. The minimum absolute atomic E-state index is 0.0828. The second kappa shape index (κ2) is 20.4. The summed E-state index contributed by atoms with van der Waals surface area (Å²) < 4.78 is 9.07. The predicted octanol–water partition coefficient (Wildman–Crippen LogP) is 7.77. The maximum Gasteiger partial charge on any atom is 0.257 e. The molecule has 5 N–H and O–H groups in total. The van der Waals surface area contributed by atoms with E-state index in [1.807, 2.05) is 112 Å². The Hall–Kier alpha value is -7.05. The predicted molar refractivity (Wildman–Crippen MR) is 273 cm³/mol. The number of carbonyl (C=O) groups is 4. The Morgan fingerprint density at radius 1 is 0.901 bits per heavy atom. The average molecular weight is 976 g/mol. The molecule has 4 aromatic carbocycles. The lowest BCUT2D eigenvalue weighted by atomic mass is 9.91. The van der Waals surface area contributed by atoms with Crippen LogP contribution in [0.2, 0.25) is 0 Å². The van der Waals surface area contributed by atoms with Crippen LogP contribution in [-0.2, 0) is 34.4 Å². The van der Waals surface area contributed by atoms with Gasteiger partial charge in [0.25, 0.3) is 5.91 Å². The lowest BCUT2D eigenvalue weighted by molar-refractivity contribution is -0.134. The summed E-state index contributed by atoms with van der Waals surface area (Å²) >= 11 is 1.43. The molecule has 10 rings (SSSR count). The largest absolute Gasteiger partial charge is 0.493 e. The first-order chi connectivity index (χ1) is 34.4. The van der Waals surface area contributed by atoms with Gasteiger partial charge < -0.3 is 25.2 Å². The van der Waals surface area contributed by atoms with Gasteiger partial charge in [0.2, 0.25) is 17.7 Å². The number of thiazole rings is 1. The lowest BCUT2D eigenvalue weighted by Crippen LogP contribution is -2.46. The van der Waals surface area contributed by atoms with Gasteiger partial charge in [0.1, 0.15) is 17.3 Å². The van der Waals surface area contributed by atoms with Gasteiger partial charge in [-0.15, -0.1) is 0 Å². The number of benzene rings is 4. The molecule has 2 fully saturated rings. The van der Waals surface area contributed by atoms with E-state index in [9.17, 15) is 29.4 Å². The van der Waals surface area contributed by atoms with Crippen molar-refractivity contribution in [2.45, 2.75) is 83.6 Å². The summed E-state index contributed by atoms with van der Waals surface area (Å²) in [6.07, 6.45) is 3.40. The molecule has 6 heterocycles. The Morgan fingerprint density at radius 2 is 1.72 bits per heavy atom. The SMILES string of the molecule is Cc1c(OCCCC2CCN(C(C)C(=O)Nc3ccc4c(C5CCC(=O)NC5=O)nn(C)c4c3)CC2)cccc1-c1ccc(N2CCc3cccc(C(=O)Nc4nc5ccccc5s4)c3C2)nc1C(O)O. The molecule has 16 nitrogen and oxygen atoms in total. The zero-order chi connectivity index (χ0) is 49.3. The number of carbonyl (C=O) groups excluding carboxylic acids is 4. The third-order valence-electron chi connectivity index (χ3n) is 14.4. The molecule has 0 saturated carbocycles. The Morgan fingerprint density at radius 3 is 2.52 bits per heavy atom. The molecule has 2 unspecified atom stereocenters. The second-order valence-corrected chi connectivity index (χ2v) is 19.9. The van der Waals surface area contributed by atoms with Crippen molar-refractivity contribution in [3.63, 3.8) is 0 Å². The third-order valence-corrected chi connectivity index (χ3v) is 15.3. The molecule has 2 atom stereocenters. The molecule has 0 bridgehead atoms. The van der Waals surface area contributed by atoms with Crippen LogP contribution in [0.25, 0.3) is 32.2 Å². The smallest absolute Gasteiger partial charge is 0.257 e. The van der Waals surface area contributed by atoms with E-state index in [4.69, 9.17) is 9.72 Å². The maximum absolute atomic E-state index is 13.6. The lowest BCUT2D eigenvalue weighted by Gasteiger charge is -2.35. The number of piperidine rings is 2. The molecule has 17 heteroatoms. The van der Waals surface area contributed by atoms with Gasteiger partial charge in [0.05, 0.1) is 40.0 Å². The van der Waals surface area contributed by atoms with Crippen LogP contribution in [0.1, 0.15) is 96.1 Å². The Kier molecular flexibility index (Phi) is 13.7. The molecular formula is C54H57N9O7S. The number of para-hydroxylation sites is 1. The number of aromatic nitrogens is 4. The number of amides is 4. The molecule has 366 valence electrons. The number of hydrogen-bond donors (Lipinski definition) is 5. The molecule has 0 spiro atoms. The Balaban J connectivity index is 0.716. The number of pyridine rings is 1. The van der Waals surface area contributed by atoms with Crippen molar-refractivity contribution in [3.8, 4) is 16.9 Å². The molecule has 7 aromatic rings. The van der Waals surface area contributed by atoms with Gasteiger partial charge in [-0.2, -0.15) is 5.10 Å². The van der Waals surface area contributed by atoms with E-state index in [0.29, 0.717) is 71.9 Å². The highest BCUT2D eigenvalue weighted by molar-refractivity contribution is 7.22. The number of rotatable bonds is 14. The minimum atomic E-state index is -1.82. The third kappa shape index (κ3) is 10.00. The van der Waals surface area contributed by atoms with E-state index in [2.05, 4.69) is 35.8 Å². The number of hydrogen-bond acceptors (Lipinski definition) is 13. The van der Waals surface area contributed by atoms with E-state index in [1.165, 1.54) is 11.3 Å². The van der Waals surface area contributed by atoms with Crippen LogP contribution in [0.3, 0.4) is 0 Å². The van der Waals surface area contributed by atoms with Crippen molar-refractivity contribution < 1.29 is 34.1 Å². The van der Waals surface area contributed by atoms with Gasteiger partial charge in [-0.3, -0.25) is 39.4 Å². The fraction of sp³-hybridized carbons (Fsp3) is 0.352. The van der Waals surface area contributed by atoms with Crippen molar-refractivity contribution in [1.82, 2.24) is 30.0 Å². The molecule has 3 aliphatic rings. The van der Waals surface area contributed by atoms with Crippen LogP contribution in [-0.4, -0.2) is 90.8 Å². The number of likely N-dealkylation sites (tertiary alicyclic amines) is 1. The topological polar surface area (TPSA) is 204 Å². The first kappa shape index (κ1) is 47.6. The van der Waals surface area contributed by atoms with Crippen molar-refractivity contribution in [2.24, 2.45) is 13.0 Å². The zero-order valence-corrected chi connectivity index (χ0v) is 40.8. The van der Waals surface area contributed by atoms with Gasteiger partial charge >= 0.3 is 0 Å². The molecule has 71 heavy (non-hydrogen) atoms. The Bertz CT molecular complexity index is 3140. The summed E-state index contributed by atoms with van der Waals surface area (Å²) in [5.74, 6) is 0.425. The van der Waals surface area contributed by atoms with E-state index >= 15 is 0 Å². The highest BCUT2D eigenvalue weighted by Gasteiger charge is 2.33. The summed E-state index contributed by atoms with van der Waals surface area (Å²) in [5, 5.41) is 35.8. The van der Waals surface area contributed by atoms with Crippen molar-refractivity contribution in [3.05, 3.63) is 125 Å². The van der Waals surface area contributed by atoms with Gasteiger partial charge in [-0.25, -0.2) is 9.97 Å². The number of imide groups is 1. The van der Waals surface area contributed by atoms with E-state index in [-0.39, 0.29) is 41.8 Å². The normalized spacial score (nSPS) is 17.1. The monoisotopic (exact) mass is 975 g/mol. The zero-order valence-electron chi connectivity index (χ0n) is 40.0. The quantitative estimate of drug-likeness (QED) is 0.0403. The number of nitrogens with one attached hydrogen (secondary N) is 3. The fourth-order valence-corrected chi connectivity index (χ4v) is 11.2. The molecule has 0 radical (unpaired) electrons. The molecule has 2 saturated heterocycles. The summed E-state index contributed by atoms with van der Waals surface area (Å²) in [7, 11) is 1.81.